The zero-order valence-corrected chi connectivity index (χ0v) is 22.2. The molecule has 2 aliphatic rings. The van der Waals surface area contributed by atoms with Gasteiger partial charge >= 0.3 is 6.09 Å². The SMILES string of the molecule is CC(C)(C)OC(=O)N1CC[C@@H](CCC(=O)CCCCCNC(=O)CCCCCN2C(=O)C=CC2=O)C1. The molecule has 1 saturated heterocycles. The number of ether oxygens (including phenoxy) is 1. The molecule has 0 spiro atoms. The van der Waals surface area contributed by atoms with Crippen LogP contribution in [0.3, 0.4) is 0 Å². The largest absolute Gasteiger partial charge is 0.444 e. The molecule has 0 bridgehead atoms. The van der Waals surface area contributed by atoms with Crippen LogP contribution in [-0.2, 0) is 23.9 Å². The standard InChI is InChI=1S/C27H43N3O6/c1-27(2,3)36-26(35)29-19-16-21(20-29)12-13-22(31)10-6-4-8-17-28-23(32)11-7-5-9-18-30-24(33)14-15-25(30)34/h14-15,21H,4-13,16-20H2,1-3H3,(H,28,32)/t21-/m1/s1. The second kappa shape index (κ2) is 14.8. The van der Waals surface area contributed by atoms with Gasteiger partial charge < -0.3 is 15.0 Å². The summed E-state index contributed by atoms with van der Waals surface area (Å²) in [4.78, 5) is 62.2. The fraction of sp³-hybridized carbons (Fsp3) is 0.741. The first-order chi connectivity index (χ1) is 17.0. The van der Waals surface area contributed by atoms with Crippen LogP contribution in [0, 0.1) is 5.92 Å². The van der Waals surface area contributed by atoms with Gasteiger partial charge in [0.2, 0.25) is 5.91 Å². The smallest absolute Gasteiger partial charge is 0.410 e. The van der Waals surface area contributed by atoms with Gasteiger partial charge in [0.25, 0.3) is 11.8 Å². The van der Waals surface area contributed by atoms with Crippen molar-refractivity contribution in [3.05, 3.63) is 12.2 Å². The van der Waals surface area contributed by atoms with E-state index < -0.39 is 5.60 Å². The molecule has 0 aromatic carbocycles. The van der Waals surface area contributed by atoms with E-state index >= 15 is 0 Å². The molecule has 0 aliphatic carbocycles. The van der Waals surface area contributed by atoms with Crippen molar-refractivity contribution in [1.82, 2.24) is 15.1 Å². The molecule has 0 aromatic heterocycles. The summed E-state index contributed by atoms with van der Waals surface area (Å²) in [6.07, 6.45) is 10.4. The van der Waals surface area contributed by atoms with Crippen molar-refractivity contribution >= 4 is 29.6 Å². The maximum absolute atomic E-state index is 12.2. The van der Waals surface area contributed by atoms with Gasteiger partial charge in [-0.2, -0.15) is 0 Å². The van der Waals surface area contributed by atoms with Gasteiger partial charge in [-0.3, -0.25) is 24.1 Å². The summed E-state index contributed by atoms with van der Waals surface area (Å²) < 4.78 is 5.42. The Morgan fingerprint density at radius 1 is 0.944 bits per heavy atom. The van der Waals surface area contributed by atoms with E-state index in [1.807, 2.05) is 20.8 Å². The number of ketones is 1. The van der Waals surface area contributed by atoms with E-state index in [0.717, 1.165) is 44.9 Å². The van der Waals surface area contributed by atoms with Crippen molar-refractivity contribution in [2.24, 2.45) is 5.92 Å². The Bertz CT molecular complexity index is 799. The van der Waals surface area contributed by atoms with Crippen LogP contribution in [0.1, 0.15) is 91.4 Å². The number of hydrogen-bond donors (Lipinski definition) is 1. The van der Waals surface area contributed by atoms with Crippen LogP contribution in [0.2, 0.25) is 0 Å². The molecule has 202 valence electrons. The molecule has 9 heteroatoms. The predicted octanol–water partition coefficient (Wildman–Crippen LogP) is 3.75. The number of unbranched alkanes of at least 4 members (excludes halogenated alkanes) is 4. The summed E-state index contributed by atoms with van der Waals surface area (Å²) in [5, 5.41) is 2.91. The van der Waals surface area contributed by atoms with Gasteiger partial charge in [-0.15, -0.1) is 0 Å². The van der Waals surface area contributed by atoms with Crippen molar-refractivity contribution in [2.45, 2.75) is 97.0 Å². The average molecular weight is 506 g/mol. The zero-order chi connectivity index (χ0) is 26.6. The minimum Gasteiger partial charge on any atom is -0.444 e. The maximum Gasteiger partial charge on any atom is 0.410 e. The summed E-state index contributed by atoms with van der Waals surface area (Å²) in [6, 6.07) is 0. The lowest BCUT2D eigenvalue weighted by molar-refractivity contribution is -0.137. The summed E-state index contributed by atoms with van der Waals surface area (Å²) in [6.45, 7) is 7.94. The molecule has 36 heavy (non-hydrogen) atoms. The first-order valence-electron chi connectivity index (χ1n) is 13.3. The van der Waals surface area contributed by atoms with E-state index in [1.165, 1.54) is 17.1 Å². The summed E-state index contributed by atoms with van der Waals surface area (Å²) >= 11 is 0. The van der Waals surface area contributed by atoms with Crippen LogP contribution in [-0.4, -0.2) is 71.2 Å². The lowest BCUT2D eigenvalue weighted by Gasteiger charge is -2.24. The Morgan fingerprint density at radius 3 is 2.31 bits per heavy atom. The number of likely N-dealkylation sites (tertiary alicyclic amines) is 1. The Hall–Kier alpha value is -2.71. The fourth-order valence-corrected chi connectivity index (χ4v) is 4.37. The van der Waals surface area contributed by atoms with Crippen LogP contribution in [0.25, 0.3) is 0 Å². The van der Waals surface area contributed by atoms with Crippen LogP contribution in [0.15, 0.2) is 12.2 Å². The molecule has 0 saturated carbocycles. The van der Waals surface area contributed by atoms with E-state index in [4.69, 9.17) is 4.74 Å². The quantitative estimate of drug-likeness (QED) is 0.268. The number of amides is 4. The van der Waals surface area contributed by atoms with Crippen molar-refractivity contribution in [3.63, 3.8) is 0 Å². The van der Waals surface area contributed by atoms with Crippen LogP contribution < -0.4 is 5.32 Å². The highest BCUT2D eigenvalue weighted by Crippen LogP contribution is 2.23. The molecular weight excluding hydrogens is 462 g/mol. The summed E-state index contributed by atoms with van der Waals surface area (Å²) in [7, 11) is 0. The van der Waals surface area contributed by atoms with Crippen molar-refractivity contribution < 1.29 is 28.7 Å². The molecule has 2 aliphatic heterocycles. The zero-order valence-electron chi connectivity index (χ0n) is 22.2. The van der Waals surface area contributed by atoms with Gasteiger partial charge in [-0.1, -0.05) is 12.8 Å². The number of Topliss-reactive ketones (excluding diaryl/α,β-unsaturated/α-hetero) is 1. The molecule has 1 atom stereocenters. The molecule has 0 unspecified atom stereocenters. The van der Waals surface area contributed by atoms with E-state index in [2.05, 4.69) is 5.32 Å². The third-order valence-electron chi connectivity index (χ3n) is 6.41. The number of nitrogens with one attached hydrogen (secondary N) is 1. The Morgan fingerprint density at radius 2 is 1.61 bits per heavy atom. The maximum atomic E-state index is 12.2. The normalized spacial score (nSPS) is 17.7. The average Bonchev–Trinajstić information content (AvgIpc) is 3.40. The van der Waals surface area contributed by atoms with Gasteiger partial charge in [0, 0.05) is 57.6 Å². The molecule has 0 aromatic rings. The van der Waals surface area contributed by atoms with Crippen molar-refractivity contribution in [2.75, 3.05) is 26.2 Å². The molecule has 9 nitrogen and oxygen atoms in total. The van der Waals surface area contributed by atoms with Gasteiger partial charge in [0.15, 0.2) is 0 Å². The van der Waals surface area contributed by atoms with E-state index in [9.17, 15) is 24.0 Å². The first kappa shape index (κ1) is 29.5. The van der Waals surface area contributed by atoms with E-state index in [-0.39, 0.29) is 29.6 Å². The minimum absolute atomic E-state index is 0.0121. The van der Waals surface area contributed by atoms with Crippen LogP contribution in [0.5, 0.6) is 0 Å². The lowest BCUT2D eigenvalue weighted by atomic mass is 9.99. The number of imide groups is 1. The van der Waals surface area contributed by atoms with Gasteiger partial charge in [0.1, 0.15) is 11.4 Å². The second-order valence-electron chi connectivity index (χ2n) is 10.8. The van der Waals surface area contributed by atoms with Gasteiger partial charge in [-0.05, 0) is 65.2 Å². The number of carbonyl (C=O) groups excluding carboxylic acids is 5. The molecule has 1 fully saturated rings. The first-order valence-corrected chi connectivity index (χ1v) is 13.3. The minimum atomic E-state index is -0.494. The predicted molar refractivity (Wildman–Crippen MR) is 136 cm³/mol. The van der Waals surface area contributed by atoms with E-state index in [1.54, 1.807) is 4.90 Å². The second-order valence-corrected chi connectivity index (χ2v) is 10.8. The number of carbonyl (C=O) groups is 5. The Balaban J connectivity index is 1.41. The summed E-state index contributed by atoms with van der Waals surface area (Å²) in [5.74, 6) is 0.111. The molecule has 0 radical (unpaired) electrons. The third-order valence-corrected chi connectivity index (χ3v) is 6.41. The highest BCUT2D eigenvalue weighted by molar-refractivity contribution is 6.12. The number of hydrogen-bond acceptors (Lipinski definition) is 6. The molecular formula is C27H43N3O6. The molecule has 4 amide bonds. The molecule has 1 N–H and O–H groups in total. The number of nitrogens with zero attached hydrogens (tertiary/aromatic N) is 2. The lowest BCUT2D eigenvalue weighted by Crippen LogP contribution is -2.35. The van der Waals surface area contributed by atoms with Gasteiger partial charge in [0.05, 0.1) is 0 Å². The van der Waals surface area contributed by atoms with Crippen LogP contribution in [0.4, 0.5) is 4.79 Å². The topological polar surface area (TPSA) is 113 Å². The highest BCUT2D eigenvalue weighted by atomic mass is 16.6. The number of rotatable bonds is 15. The van der Waals surface area contributed by atoms with Gasteiger partial charge in [-0.25, -0.2) is 4.79 Å². The fourth-order valence-electron chi connectivity index (χ4n) is 4.37. The summed E-state index contributed by atoms with van der Waals surface area (Å²) in [5.41, 5.74) is -0.494. The van der Waals surface area contributed by atoms with Crippen LogP contribution >= 0.6 is 0 Å². The van der Waals surface area contributed by atoms with Crippen molar-refractivity contribution in [3.8, 4) is 0 Å². The molecule has 2 rings (SSSR count). The monoisotopic (exact) mass is 505 g/mol. The molecule has 2 heterocycles. The third kappa shape index (κ3) is 11.4. The Kier molecular flexibility index (Phi) is 12.1. The van der Waals surface area contributed by atoms with E-state index in [0.29, 0.717) is 57.8 Å². The Labute approximate surface area is 215 Å². The highest BCUT2D eigenvalue weighted by Gasteiger charge is 2.29. The van der Waals surface area contributed by atoms with Crippen molar-refractivity contribution in [1.29, 1.82) is 0 Å².